The van der Waals surface area contributed by atoms with Crippen LogP contribution < -0.4 is 10.6 Å². The van der Waals surface area contributed by atoms with Gasteiger partial charge < -0.3 is 20.1 Å². The number of ether oxygens (including phenoxy) is 2. The summed E-state index contributed by atoms with van der Waals surface area (Å²) >= 11 is 5.06. The first-order chi connectivity index (χ1) is 13.4. The summed E-state index contributed by atoms with van der Waals surface area (Å²) in [4.78, 5) is 34.2. The molecule has 0 aliphatic carbocycles. The highest BCUT2D eigenvalue weighted by molar-refractivity contribution is 7.80. The second kappa shape index (κ2) is 10.7. The van der Waals surface area contributed by atoms with Crippen LogP contribution in [0.1, 0.15) is 32.6 Å². The highest BCUT2D eigenvalue weighted by Gasteiger charge is 2.35. The van der Waals surface area contributed by atoms with Crippen LogP contribution in [-0.4, -0.2) is 41.2 Å². The van der Waals surface area contributed by atoms with Gasteiger partial charge in [-0.15, -0.1) is 0 Å². The van der Waals surface area contributed by atoms with E-state index in [1.165, 1.54) is 24.3 Å². The van der Waals surface area contributed by atoms with E-state index < -0.39 is 22.7 Å². The monoisotopic (exact) mass is 409 g/mol. The average molecular weight is 409 g/mol. The average Bonchev–Trinajstić information content (AvgIpc) is 2.98. The molecule has 0 spiro atoms. The van der Waals surface area contributed by atoms with Gasteiger partial charge in [-0.25, -0.2) is 0 Å². The van der Waals surface area contributed by atoms with Crippen LogP contribution in [0, 0.1) is 16.0 Å². The summed E-state index contributed by atoms with van der Waals surface area (Å²) in [6.45, 7) is 3.02. The SMILES string of the molecule is CCCCOC[C@@H]1C[C@H](CC(=O)NC(=S)Nc2ccc([N+](=O)[O-])cc2)C(=O)O1. The molecule has 1 heterocycles. The third kappa shape index (κ3) is 6.86. The third-order valence-electron chi connectivity index (χ3n) is 4.13. The maximum Gasteiger partial charge on any atom is 0.309 e. The molecule has 10 heteroatoms. The topological polar surface area (TPSA) is 120 Å². The lowest BCUT2D eigenvalue weighted by atomic mass is 10.0. The summed E-state index contributed by atoms with van der Waals surface area (Å²) in [5, 5.41) is 15.9. The van der Waals surface area contributed by atoms with Crippen molar-refractivity contribution in [1.82, 2.24) is 5.32 Å². The smallest absolute Gasteiger partial charge is 0.309 e. The molecule has 1 fully saturated rings. The Morgan fingerprint density at radius 2 is 2.11 bits per heavy atom. The molecule has 1 aliphatic heterocycles. The Hall–Kier alpha value is -2.59. The number of nitrogens with zero attached hydrogens (tertiary/aromatic N) is 1. The van der Waals surface area contributed by atoms with Crippen molar-refractivity contribution in [1.29, 1.82) is 0 Å². The Labute approximate surface area is 167 Å². The van der Waals surface area contributed by atoms with Gasteiger partial charge >= 0.3 is 5.97 Å². The van der Waals surface area contributed by atoms with Gasteiger partial charge in [0.1, 0.15) is 6.10 Å². The normalized spacial score (nSPS) is 18.4. The lowest BCUT2D eigenvalue weighted by molar-refractivity contribution is -0.384. The van der Waals surface area contributed by atoms with Crippen molar-refractivity contribution in [2.45, 2.75) is 38.7 Å². The Bertz CT molecular complexity index is 725. The number of thiocarbonyl (C=S) groups is 1. The van der Waals surface area contributed by atoms with E-state index in [0.717, 1.165) is 12.8 Å². The molecule has 28 heavy (non-hydrogen) atoms. The summed E-state index contributed by atoms with van der Waals surface area (Å²) in [7, 11) is 0. The van der Waals surface area contributed by atoms with Gasteiger partial charge in [-0.3, -0.25) is 19.7 Å². The summed E-state index contributed by atoms with van der Waals surface area (Å²) in [6.07, 6.45) is 2.05. The Kier molecular flexibility index (Phi) is 8.27. The van der Waals surface area contributed by atoms with Gasteiger partial charge in [-0.1, -0.05) is 13.3 Å². The lowest BCUT2D eigenvalue weighted by Gasteiger charge is -2.11. The number of carbonyl (C=O) groups is 2. The molecule has 152 valence electrons. The number of benzene rings is 1. The number of nitrogens with one attached hydrogen (secondary N) is 2. The number of esters is 1. The predicted molar refractivity (Wildman–Crippen MR) is 106 cm³/mol. The molecule has 0 saturated carbocycles. The number of rotatable bonds is 9. The van der Waals surface area contributed by atoms with E-state index in [1.54, 1.807) is 0 Å². The minimum absolute atomic E-state index is 0.0353. The summed E-state index contributed by atoms with van der Waals surface area (Å²) in [5.41, 5.74) is 0.453. The summed E-state index contributed by atoms with van der Waals surface area (Å²) in [5.74, 6) is -1.34. The first-order valence-electron chi connectivity index (χ1n) is 9.02. The van der Waals surface area contributed by atoms with E-state index in [2.05, 4.69) is 17.6 Å². The molecule has 9 nitrogen and oxygen atoms in total. The number of nitro benzene ring substituents is 1. The first kappa shape index (κ1) is 21.7. The van der Waals surface area contributed by atoms with Gasteiger partial charge in [0.25, 0.3) is 5.69 Å². The van der Waals surface area contributed by atoms with Crippen LogP contribution in [0.25, 0.3) is 0 Å². The maximum absolute atomic E-state index is 12.1. The molecular formula is C18H23N3O6S. The van der Waals surface area contributed by atoms with Crippen molar-refractivity contribution < 1.29 is 24.0 Å². The number of nitro groups is 1. The molecule has 1 aromatic rings. The van der Waals surface area contributed by atoms with E-state index in [0.29, 0.717) is 25.3 Å². The molecule has 0 radical (unpaired) electrons. The van der Waals surface area contributed by atoms with E-state index in [9.17, 15) is 19.7 Å². The zero-order valence-electron chi connectivity index (χ0n) is 15.5. The van der Waals surface area contributed by atoms with E-state index in [-0.39, 0.29) is 23.3 Å². The fourth-order valence-electron chi connectivity index (χ4n) is 2.68. The van der Waals surface area contributed by atoms with Crippen molar-refractivity contribution in [2.75, 3.05) is 18.5 Å². The van der Waals surface area contributed by atoms with Crippen molar-refractivity contribution in [3.05, 3.63) is 34.4 Å². The number of amides is 1. The number of non-ortho nitro benzene ring substituents is 1. The van der Waals surface area contributed by atoms with Crippen LogP contribution >= 0.6 is 12.2 Å². The zero-order chi connectivity index (χ0) is 20.5. The van der Waals surface area contributed by atoms with Gasteiger partial charge in [0.15, 0.2) is 5.11 Å². The van der Waals surface area contributed by atoms with Gasteiger partial charge in [0.2, 0.25) is 5.91 Å². The van der Waals surface area contributed by atoms with Crippen molar-refractivity contribution >= 4 is 40.6 Å². The van der Waals surface area contributed by atoms with Crippen molar-refractivity contribution in [2.24, 2.45) is 5.92 Å². The Morgan fingerprint density at radius 1 is 1.39 bits per heavy atom. The van der Waals surface area contributed by atoms with E-state index in [1.807, 2.05) is 0 Å². The van der Waals surface area contributed by atoms with Gasteiger partial charge in [0.05, 0.1) is 17.4 Å². The lowest BCUT2D eigenvalue weighted by Crippen LogP contribution is -2.35. The zero-order valence-corrected chi connectivity index (χ0v) is 16.3. The van der Waals surface area contributed by atoms with Crippen molar-refractivity contribution in [3.63, 3.8) is 0 Å². The number of unbranched alkanes of at least 4 members (excludes halogenated alkanes) is 1. The largest absolute Gasteiger partial charge is 0.460 e. The number of hydrogen-bond donors (Lipinski definition) is 2. The predicted octanol–water partition coefficient (Wildman–Crippen LogP) is 2.55. The number of cyclic esters (lactones) is 1. The molecule has 1 aliphatic rings. The molecule has 0 unspecified atom stereocenters. The van der Waals surface area contributed by atoms with Crippen LogP contribution in [0.2, 0.25) is 0 Å². The van der Waals surface area contributed by atoms with Crippen molar-refractivity contribution in [3.8, 4) is 0 Å². The number of hydrogen-bond acceptors (Lipinski definition) is 7. The fraction of sp³-hybridized carbons (Fsp3) is 0.500. The van der Waals surface area contributed by atoms with Crippen LogP contribution in [0.4, 0.5) is 11.4 Å². The first-order valence-corrected chi connectivity index (χ1v) is 9.43. The van der Waals surface area contributed by atoms with E-state index >= 15 is 0 Å². The summed E-state index contributed by atoms with van der Waals surface area (Å²) < 4.78 is 10.7. The van der Waals surface area contributed by atoms with Crippen LogP contribution in [0.15, 0.2) is 24.3 Å². The van der Waals surface area contributed by atoms with Gasteiger partial charge in [0, 0.05) is 37.3 Å². The molecule has 0 aromatic heterocycles. The molecule has 2 rings (SSSR count). The minimum Gasteiger partial charge on any atom is -0.460 e. The maximum atomic E-state index is 12.1. The molecule has 2 N–H and O–H groups in total. The third-order valence-corrected chi connectivity index (χ3v) is 4.33. The van der Waals surface area contributed by atoms with Crippen LogP contribution in [-0.2, 0) is 19.1 Å². The standard InChI is InChI=1S/C18H23N3O6S/c1-2-3-8-26-11-15-9-12(17(23)27-15)10-16(22)20-18(28)19-13-4-6-14(7-5-13)21(24)25/h4-7,12,15H,2-3,8-11H2,1H3,(H2,19,20,22,28)/t12-,15+/m1/s1. The Balaban J connectivity index is 1.74. The molecule has 2 atom stereocenters. The Morgan fingerprint density at radius 3 is 2.75 bits per heavy atom. The molecule has 0 bridgehead atoms. The molecule has 1 aromatic carbocycles. The fourth-order valence-corrected chi connectivity index (χ4v) is 2.91. The second-order valence-electron chi connectivity index (χ2n) is 6.43. The molecule has 1 saturated heterocycles. The van der Waals surface area contributed by atoms with Gasteiger partial charge in [-0.05, 0) is 30.8 Å². The highest BCUT2D eigenvalue weighted by atomic mass is 32.1. The number of anilines is 1. The van der Waals surface area contributed by atoms with Gasteiger partial charge in [-0.2, -0.15) is 0 Å². The van der Waals surface area contributed by atoms with Crippen LogP contribution in [0.3, 0.4) is 0 Å². The van der Waals surface area contributed by atoms with E-state index in [4.69, 9.17) is 21.7 Å². The number of carbonyl (C=O) groups excluding carboxylic acids is 2. The molecular weight excluding hydrogens is 386 g/mol. The van der Waals surface area contributed by atoms with Crippen LogP contribution in [0.5, 0.6) is 0 Å². The minimum atomic E-state index is -0.526. The molecule has 1 amide bonds. The summed E-state index contributed by atoms with van der Waals surface area (Å²) in [6, 6.07) is 5.61. The second-order valence-corrected chi connectivity index (χ2v) is 6.84. The highest BCUT2D eigenvalue weighted by Crippen LogP contribution is 2.24. The quantitative estimate of drug-likeness (QED) is 0.210.